The molecule has 0 radical (unpaired) electrons. The van der Waals surface area contributed by atoms with E-state index in [2.05, 4.69) is 10.3 Å². The molecule has 7 nitrogen and oxygen atoms in total. The van der Waals surface area contributed by atoms with Crippen molar-refractivity contribution in [1.82, 2.24) is 14.5 Å². The fourth-order valence-corrected chi connectivity index (χ4v) is 3.24. The first-order valence-electron chi connectivity index (χ1n) is 9.74. The number of nitrogens with zero attached hydrogens (tertiary/aromatic N) is 2. The number of alkyl halides is 3. The Morgan fingerprint density at radius 1 is 1.09 bits per heavy atom. The van der Waals surface area contributed by atoms with Gasteiger partial charge in [-0.2, -0.15) is 13.2 Å². The topological polar surface area (TPSA) is 87.2 Å². The van der Waals surface area contributed by atoms with Crippen molar-refractivity contribution in [2.24, 2.45) is 0 Å². The number of anilines is 1. The molecule has 0 fully saturated rings. The van der Waals surface area contributed by atoms with Crippen LogP contribution in [0.4, 0.5) is 18.9 Å². The van der Waals surface area contributed by atoms with Crippen molar-refractivity contribution in [2.45, 2.75) is 20.0 Å². The third kappa shape index (κ3) is 4.90. The molecule has 0 atom stereocenters. The first-order valence-corrected chi connectivity index (χ1v) is 9.74. The summed E-state index contributed by atoms with van der Waals surface area (Å²) in [6, 6.07) is 10.9. The number of aromatic amines is 1. The van der Waals surface area contributed by atoms with Gasteiger partial charge in [-0.3, -0.25) is 14.2 Å². The Hall–Kier alpha value is -3.82. The van der Waals surface area contributed by atoms with Gasteiger partial charge in [0.2, 0.25) is 5.91 Å². The quantitative estimate of drug-likeness (QED) is 0.607. The van der Waals surface area contributed by atoms with E-state index in [1.165, 1.54) is 33.7 Å². The van der Waals surface area contributed by atoms with Crippen molar-refractivity contribution in [3.05, 3.63) is 82.0 Å². The Bertz CT molecular complexity index is 1180. The largest absolute Gasteiger partial charge is 0.418 e. The predicted octanol–water partition coefficient (Wildman–Crippen LogP) is 3.59. The molecule has 0 aliphatic carbocycles. The Labute approximate surface area is 181 Å². The molecule has 0 aliphatic rings. The van der Waals surface area contributed by atoms with Gasteiger partial charge >= 0.3 is 11.9 Å². The van der Waals surface area contributed by atoms with E-state index in [0.29, 0.717) is 11.4 Å². The Kier molecular flexibility index (Phi) is 6.52. The van der Waals surface area contributed by atoms with Crippen LogP contribution in [-0.4, -0.2) is 39.4 Å². The molecule has 1 aromatic heterocycles. The number of hydrogen-bond acceptors (Lipinski definition) is 3. The maximum atomic E-state index is 13.1. The summed E-state index contributed by atoms with van der Waals surface area (Å²) in [7, 11) is 0. The maximum absolute atomic E-state index is 13.1. The van der Waals surface area contributed by atoms with Gasteiger partial charge in [0.25, 0.3) is 5.91 Å². The van der Waals surface area contributed by atoms with Crippen LogP contribution in [0.3, 0.4) is 0 Å². The first kappa shape index (κ1) is 22.9. The highest BCUT2D eigenvalue weighted by Gasteiger charge is 2.33. The van der Waals surface area contributed by atoms with Crippen molar-refractivity contribution < 1.29 is 22.8 Å². The smallest absolute Gasteiger partial charge is 0.330 e. The number of para-hydroxylation sites is 1. The standard InChI is InChI=1S/C22H21F3N4O3/c1-3-28(13-19(30)27-18-7-5-4-6-17(18)22(23,24)25)20(31)15-8-10-16(11-9-15)29-14(2)12-26-21(29)32/h4-12H,3,13H2,1-2H3,(H,26,32)(H,27,30). The maximum Gasteiger partial charge on any atom is 0.418 e. The average molecular weight is 446 g/mol. The van der Waals surface area contributed by atoms with Crippen LogP contribution in [0.5, 0.6) is 0 Å². The van der Waals surface area contributed by atoms with E-state index in [0.717, 1.165) is 12.1 Å². The Morgan fingerprint density at radius 3 is 2.31 bits per heavy atom. The summed E-state index contributed by atoms with van der Waals surface area (Å²) in [4.78, 5) is 40.9. The van der Waals surface area contributed by atoms with Gasteiger partial charge in [0, 0.05) is 24.0 Å². The third-order valence-corrected chi connectivity index (χ3v) is 4.84. The molecular formula is C22H21F3N4O3. The molecule has 2 aromatic carbocycles. The molecular weight excluding hydrogens is 425 g/mol. The molecule has 1 heterocycles. The van der Waals surface area contributed by atoms with Gasteiger partial charge in [0.1, 0.15) is 6.54 Å². The van der Waals surface area contributed by atoms with E-state index in [1.54, 1.807) is 32.2 Å². The highest BCUT2D eigenvalue weighted by Crippen LogP contribution is 2.34. The third-order valence-electron chi connectivity index (χ3n) is 4.84. The van der Waals surface area contributed by atoms with E-state index in [4.69, 9.17) is 0 Å². The zero-order valence-electron chi connectivity index (χ0n) is 17.4. The minimum Gasteiger partial charge on any atom is -0.330 e. The van der Waals surface area contributed by atoms with E-state index in [1.807, 2.05) is 0 Å². The predicted molar refractivity (Wildman–Crippen MR) is 113 cm³/mol. The van der Waals surface area contributed by atoms with Crippen molar-refractivity contribution in [3.63, 3.8) is 0 Å². The van der Waals surface area contributed by atoms with Gasteiger partial charge in [-0.15, -0.1) is 0 Å². The van der Waals surface area contributed by atoms with Gasteiger partial charge in [-0.1, -0.05) is 12.1 Å². The second kappa shape index (κ2) is 9.13. The minimum absolute atomic E-state index is 0.172. The van der Waals surface area contributed by atoms with Crippen LogP contribution in [0.2, 0.25) is 0 Å². The molecule has 0 bridgehead atoms. The van der Waals surface area contributed by atoms with Gasteiger partial charge in [-0.05, 0) is 50.2 Å². The van der Waals surface area contributed by atoms with Crippen LogP contribution in [0.25, 0.3) is 5.69 Å². The number of nitrogens with one attached hydrogen (secondary N) is 2. The SMILES string of the molecule is CCN(CC(=O)Nc1ccccc1C(F)(F)F)C(=O)c1ccc(-n2c(C)c[nH]c2=O)cc1. The highest BCUT2D eigenvalue weighted by atomic mass is 19.4. The molecule has 10 heteroatoms. The monoisotopic (exact) mass is 446 g/mol. The molecule has 32 heavy (non-hydrogen) atoms. The molecule has 0 saturated heterocycles. The van der Waals surface area contributed by atoms with Gasteiger partial charge < -0.3 is 15.2 Å². The molecule has 0 saturated carbocycles. The van der Waals surface area contributed by atoms with Crippen molar-refractivity contribution in [1.29, 1.82) is 0 Å². The van der Waals surface area contributed by atoms with Crippen LogP contribution in [0, 0.1) is 6.92 Å². The number of benzene rings is 2. The lowest BCUT2D eigenvalue weighted by atomic mass is 10.1. The number of halogens is 3. The lowest BCUT2D eigenvalue weighted by Crippen LogP contribution is -2.38. The number of aryl methyl sites for hydroxylation is 1. The minimum atomic E-state index is -4.62. The molecule has 168 valence electrons. The number of H-pyrrole nitrogens is 1. The zero-order chi connectivity index (χ0) is 23.5. The van der Waals surface area contributed by atoms with Crippen LogP contribution in [0.1, 0.15) is 28.5 Å². The second-order valence-electron chi connectivity index (χ2n) is 7.03. The van der Waals surface area contributed by atoms with Crippen LogP contribution in [0.15, 0.2) is 59.5 Å². The van der Waals surface area contributed by atoms with Gasteiger partial charge in [0.15, 0.2) is 0 Å². The van der Waals surface area contributed by atoms with Gasteiger partial charge in [-0.25, -0.2) is 4.79 Å². The van der Waals surface area contributed by atoms with Gasteiger partial charge in [0.05, 0.1) is 16.9 Å². The summed E-state index contributed by atoms with van der Waals surface area (Å²) < 4.78 is 40.8. The second-order valence-corrected chi connectivity index (χ2v) is 7.03. The number of likely N-dealkylation sites (N-methyl/N-ethyl adjacent to an activating group) is 1. The fraction of sp³-hybridized carbons (Fsp3) is 0.227. The number of carbonyl (C=O) groups excluding carboxylic acids is 2. The Morgan fingerprint density at radius 2 is 1.75 bits per heavy atom. The van der Waals surface area contributed by atoms with E-state index in [-0.39, 0.29) is 23.5 Å². The molecule has 3 rings (SSSR count). The summed E-state index contributed by atoms with van der Waals surface area (Å²) in [5.41, 5.74) is -0.110. The summed E-state index contributed by atoms with van der Waals surface area (Å²) in [5.74, 6) is -1.21. The average Bonchev–Trinajstić information content (AvgIpc) is 3.09. The van der Waals surface area contributed by atoms with E-state index >= 15 is 0 Å². The summed E-state index contributed by atoms with van der Waals surface area (Å²) in [6.07, 6.45) is -3.05. The number of amides is 2. The van der Waals surface area contributed by atoms with Crippen LogP contribution in [-0.2, 0) is 11.0 Å². The number of rotatable bonds is 6. The fourth-order valence-electron chi connectivity index (χ4n) is 3.24. The zero-order valence-corrected chi connectivity index (χ0v) is 17.4. The molecule has 0 unspecified atom stereocenters. The summed E-state index contributed by atoms with van der Waals surface area (Å²) >= 11 is 0. The highest BCUT2D eigenvalue weighted by molar-refractivity contribution is 5.99. The lowest BCUT2D eigenvalue weighted by molar-refractivity contribution is -0.137. The molecule has 2 amide bonds. The number of imidazole rings is 1. The Balaban J connectivity index is 1.73. The van der Waals surface area contributed by atoms with Crippen LogP contribution >= 0.6 is 0 Å². The van der Waals surface area contributed by atoms with Crippen molar-refractivity contribution in [3.8, 4) is 5.69 Å². The van der Waals surface area contributed by atoms with Crippen molar-refractivity contribution in [2.75, 3.05) is 18.4 Å². The number of hydrogen-bond donors (Lipinski definition) is 2. The van der Waals surface area contributed by atoms with Crippen LogP contribution < -0.4 is 11.0 Å². The molecule has 0 aliphatic heterocycles. The molecule has 2 N–H and O–H groups in total. The lowest BCUT2D eigenvalue weighted by Gasteiger charge is -2.21. The number of carbonyl (C=O) groups is 2. The van der Waals surface area contributed by atoms with Crippen molar-refractivity contribution >= 4 is 17.5 Å². The molecule has 3 aromatic rings. The molecule has 0 spiro atoms. The number of aromatic nitrogens is 2. The van der Waals surface area contributed by atoms with E-state index in [9.17, 15) is 27.6 Å². The van der Waals surface area contributed by atoms with E-state index < -0.39 is 30.1 Å². The summed E-state index contributed by atoms with van der Waals surface area (Å²) in [5, 5.41) is 2.23. The summed E-state index contributed by atoms with van der Waals surface area (Å²) in [6.45, 7) is 3.17. The first-order chi connectivity index (χ1) is 15.1. The normalized spacial score (nSPS) is 11.3.